The van der Waals surface area contributed by atoms with Crippen LogP contribution in [0.3, 0.4) is 0 Å². The Labute approximate surface area is 183 Å². The van der Waals surface area contributed by atoms with E-state index in [1.54, 1.807) is 4.90 Å². The summed E-state index contributed by atoms with van der Waals surface area (Å²) in [5.41, 5.74) is 1.48. The highest BCUT2D eigenvalue weighted by Crippen LogP contribution is 2.34. The molecule has 1 saturated carbocycles. The van der Waals surface area contributed by atoms with Gasteiger partial charge in [-0.25, -0.2) is 0 Å². The van der Waals surface area contributed by atoms with Gasteiger partial charge in [0.2, 0.25) is 5.91 Å². The third-order valence-electron chi connectivity index (χ3n) is 6.59. The average Bonchev–Trinajstić information content (AvgIpc) is 3.01. The SMILES string of the molecule is CC1(C(=O)NC2CCCCCC2)Cc2ccccc2C(=O)N1Cc1ccccc1Cl. The van der Waals surface area contributed by atoms with Crippen molar-refractivity contribution in [3.8, 4) is 0 Å². The van der Waals surface area contributed by atoms with Crippen molar-refractivity contribution in [2.45, 2.75) is 70.0 Å². The lowest BCUT2D eigenvalue weighted by atomic mass is 9.82. The predicted octanol–water partition coefficient (Wildman–Crippen LogP) is 5.14. The van der Waals surface area contributed by atoms with Gasteiger partial charge < -0.3 is 10.2 Å². The number of halogens is 1. The van der Waals surface area contributed by atoms with Gasteiger partial charge in [-0.15, -0.1) is 0 Å². The predicted molar refractivity (Wildman–Crippen MR) is 120 cm³/mol. The molecular weight excluding hydrogens is 396 g/mol. The van der Waals surface area contributed by atoms with Crippen molar-refractivity contribution in [2.24, 2.45) is 0 Å². The molecule has 0 bridgehead atoms. The molecule has 30 heavy (non-hydrogen) atoms. The molecule has 1 unspecified atom stereocenters. The van der Waals surface area contributed by atoms with E-state index in [0.29, 0.717) is 23.6 Å². The van der Waals surface area contributed by atoms with Crippen LogP contribution in [0, 0.1) is 0 Å². The number of carbonyl (C=O) groups excluding carboxylic acids is 2. The lowest BCUT2D eigenvalue weighted by Crippen LogP contribution is -2.63. The first-order valence-corrected chi connectivity index (χ1v) is 11.3. The quantitative estimate of drug-likeness (QED) is 0.691. The van der Waals surface area contributed by atoms with Crippen molar-refractivity contribution < 1.29 is 9.59 Å². The second-order valence-corrected chi connectivity index (χ2v) is 9.16. The van der Waals surface area contributed by atoms with Crippen LogP contribution >= 0.6 is 11.6 Å². The number of hydrogen-bond acceptors (Lipinski definition) is 2. The Morgan fingerprint density at radius 1 is 1.07 bits per heavy atom. The van der Waals surface area contributed by atoms with Gasteiger partial charge in [0.05, 0.1) is 0 Å². The van der Waals surface area contributed by atoms with E-state index in [4.69, 9.17) is 11.6 Å². The topological polar surface area (TPSA) is 49.4 Å². The third-order valence-corrected chi connectivity index (χ3v) is 6.96. The Hall–Kier alpha value is -2.33. The first kappa shape index (κ1) is 20.9. The summed E-state index contributed by atoms with van der Waals surface area (Å²) in [5.74, 6) is -0.181. The molecule has 2 aliphatic rings. The van der Waals surface area contributed by atoms with E-state index in [0.717, 1.165) is 36.8 Å². The Balaban J connectivity index is 1.67. The van der Waals surface area contributed by atoms with Gasteiger partial charge in [0.25, 0.3) is 5.91 Å². The third kappa shape index (κ3) is 4.11. The maximum Gasteiger partial charge on any atom is 0.255 e. The van der Waals surface area contributed by atoms with Crippen LogP contribution in [0.4, 0.5) is 0 Å². The molecule has 0 saturated heterocycles. The minimum absolute atomic E-state index is 0.0655. The molecule has 1 N–H and O–H groups in total. The van der Waals surface area contributed by atoms with Crippen LogP contribution in [0.2, 0.25) is 5.02 Å². The summed E-state index contributed by atoms with van der Waals surface area (Å²) < 4.78 is 0. The van der Waals surface area contributed by atoms with Gasteiger partial charge in [-0.1, -0.05) is 73.7 Å². The minimum Gasteiger partial charge on any atom is -0.351 e. The van der Waals surface area contributed by atoms with Crippen LogP contribution in [0.1, 0.15) is 66.9 Å². The van der Waals surface area contributed by atoms with Gasteiger partial charge in [-0.3, -0.25) is 9.59 Å². The maximum atomic E-state index is 13.6. The van der Waals surface area contributed by atoms with Crippen LogP contribution < -0.4 is 5.32 Å². The Bertz CT molecular complexity index is 936. The van der Waals surface area contributed by atoms with E-state index in [9.17, 15) is 9.59 Å². The molecule has 1 aliphatic heterocycles. The molecular formula is C25H29ClN2O2. The Kier molecular flexibility index (Phi) is 6.14. The monoisotopic (exact) mass is 424 g/mol. The zero-order chi connectivity index (χ0) is 21.1. The second kappa shape index (κ2) is 8.81. The number of hydrogen-bond donors (Lipinski definition) is 1. The molecule has 1 aliphatic carbocycles. The van der Waals surface area contributed by atoms with E-state index in [1.165, 1.54) is 12.8 Å². The molecule has 1 fully saturated rings. The fourth-order valence-corrected chi connectivity index (χ4v) is 4.93. The van der Waals surface area contributed by atoms with Crippen molar-refractivity contribution >= 4 is 23.4 Å². The van der Waals surface area contributed by atoms with Crippen molar-refractivity contribution in [3.05, 3.63) is 70.2 Å². The smallest absolute Gasteiger partial charge is 0.255 e. The molecule has 5 heteroatoms. The number of rotatable bonds is 4. The van der Waals surface area contributed by atoms with Gasteiger partial charge in [0.15, 0.2) is 0 Å². The molecule has 2 aromatic rings. The summed E-state index contributed by atoms with van der Waals surface area (Å²) in [6.45, 7) is 2.20. The average molecular weight is 425 g/mol. The number of nitrogens with zero attached hydrogens (tertiary/aromatic N) is 1. The number of carbonyl (C=O) groups is 2. The Morgan fingerprint density at radius 2 is 1.73 bits per heavy atom. The molecule has 1 atom stereocenters. The molecule has 0 spiro atoms. The standard InChI is InChI=1S/C25H29ClN2O2/c1-25(24(30)27-20-12-4-2-3-5-13-20)16-18-10-6-8-14-21(18)23(29)28(25)17-19-11-7-9-15-22(19)26/h6-11,14-15,20H,2-5,12-13,16-17H2,1H3,(H,27,30). The van der Waals surface area contributed by atoms with Crippen molar-refractivity contribution in [2.75, 3.05) is 0 Å². The van der Waals surface area contributed by atoms with Gasteiger partial charge in [0, 0.05) is 29.6 Å². The van der Waals surface area contributed by atoms with Gasteiger partial charge in [-0.05, 0) is 43.0 Å². The van der Waals surface area contributed by atoms with Crippen LogP contribution in [0.5, 0.6) is 0 Å². The summed E-state index contributed by atoms with van der Waals surface area (Å²) in [6.07, 6.45) is 7.27. The fourth-order valence-electron chi connectivity index (χ4n) is 4.73. The van der Waals surface area contributed by atoms with Crippen molar-refractivity contribution in [3.63, 3.8) is 0 Å². The number of fused-ring (bicyclic) bond motifs is 1. The zero-order valence-corrected chi connectivity index (χ0v) is 18.3. The summed E-state index contributed by atoms with van der Waals surface area (Å²) >= 11 is 6.40. The van der Waals surface area contributed by atoms with Gasteiger partial charge in [0.1, 0.15) is 5.54 Å². The number of nitrogens with one attached hydrogen (secondary N) is 1. The Morgan fingerprint density at radius 3 is 2.47 bits per heavy atom. The highest BCUT2D eigenvalue weighted by molar-refractivity contribution is 6.31. The van der Waals surface area contributed by atoms with Crippen LogP contribution in [0.25, 0.3) is 0 Å². The van der Waals surface area contributed by atoms with Crippen molar-refractivity contribution in [1.82, 2.24) is 10.2 Å². The van der Waals surface area contributed by atoms with Crippen molar-refractivity contribution in [1.29, 1.82) is 0 Å². The molecule has 2 amide bonds. The highest BCUT2D eigenvalue weighted by Gasteiger charge is 2.47. The molecule has 2 aromatic carbocycles. The second-order valence-electron chi connectivity index (χ2n) is 8.75. The molecule has 4 rings (SSSR count). The number of amides is 2. The maximum absolute atomic E-state index is 13.6. The summed E-state index contributed by atoms with van der Waals surface area (Å²) in [5, 5.41) is 3.89. The van der Waals surface area contributed by atoms with E-state index in [2.05, 4.69) is 5.32 Å². The van der Waals surface area contributed by atoms with Crippen LogP contribution in [-0.2, 0) is 17.8 Å². The van der Waals surface area contributed by atoms with Crippen LogP contribution in [0.15, 0.2) is 48.5 Å². The largest absolute Gasteiger partial charge is 0.351 e. The fraction of sp³-hybridized carbons (Fsp3) is 0.440. The molecule has 158 valence electrons. The molecule has 1 heterocycles. The van der Waals surface area contributed by atoms with Gasteiger partial charge >= 0.3 is 0 Å². The summed E-state index contributed by atoms with van der Waals surface area (Å²) in [7, 11) is 0. The van der Waals surface area contributed by atoms with E-state index < -0.39 is 5.54 Å². The number of benzene rings is 2. The summed E-state index contributed by atoms with van der Waals surface area (Å²) in [6, 6.07) is 15.3. The van der Waals surface area contributed by atoms with E-state index in [1.807, 2.05) is 55.5 Å². The molecule has 4 nitrogen and oxygen atoms in total. The molecule has 0 radical (unpaired) electrons. The normalized spacial score (nSPS) is 22.3. The molecule has 0 aromatic heterocycles. The zero-order valence-electron chi connectivity index (χ0n) is 17.5. The lowest BCUT2D eigenvalue weighted by Gasteiger charge is -2.44. The highest BCUT2D eigenvalue weighted by atomic mass is 35.5. The lowest BCUT2D eigenvalue weighted by molar-refractivity contribution is -0.132. The first-order valence-electron chi connectivity index (χ1n) is 10.9. The van der Waals surface area contributed by atoms with E-state index >= 15 is 0 Å². The van der Waals surface area contributed by atoms with Crippen LogP contribution in [-0.4, -0.2) is 28.3 Å². The van der Waals surface area contributed by atoms with E-state index in [-0.39, 0.29) is 17.9 Å². The summed E-state index contributed by atoms with van der Waals surface area (Å²) in [4.78, 5) is 28.8. The first-order chi connectivity index (χ1) is 14.5. The van der Waals surface area contributed by atoms with Gasteiger partial charge in [-0.2, -0.15) is 0 Å². The minimum atomic E-state index is -0.961.